The molecule has 0 aromatic heterocycles. The summed E-state index contributed by atoms with van der Waals surface area (Å²) in [5.74, 6) is -0.0549. The number of aliphatic carboxylic acids is 1. The molecule has 110 valence electrons. The zero-order valence-corrected chi connectivity index (χ0v) is 12.2. The zero-order valence-electron chi connectivity index (χ0n) is 12.2. The molecule has 0 aromatic rings. The van der Waals surface area contributed by atoms with E-state index in [0.717, 1.165) is 18.8 Å². The van der Waals surface area contributed by atoms with E-state index in [1.807, 2.05) is 13.8 Å². The second-order valence-corrected chi connectivity index (χ2v) is 6.16. The van der Waals surface area contributed by atoms with E-state index in [9.17, 15) is 9.59 Å². The summed E-state index contributed by atoms with van der Waals surface area (Å²) in [6.45, 7) is 5.76. The molecule has 1 aliphatic rings. The summed E-state index contributed by atoms with van der Waals surface area (Å²) >= 11 is 0. The summed E-state index contributed by atoms with van der Waals surface area (Å²) in [6.07, 6.45) is 5.04. The summed E-state index contributed by atoms with van der Waals surface area (Å²) < 4.78 is 0. The van der Waals surface area contributed by atoms with Crippen molar-refractivity contribution in [3.63, 3.8) is 0 Å². The topological polar surface area (TPSA) is 78.4 Å². The number of hydrogen-bond donors (Lipinski definition) is 3. The Kier molecular flexibility index (Phi) is 5.63. The van der Waals surface area contributed by atoms with Gasteiger partial charge >= 0.3 is 12.0 Å². The normalized spacial score (nSPS) is 16.8. The first kappa shape index (κ1) is 15.8. The second-order valence-electron chi connectivity index (χ2n) is 6.16. The minimum atomic E-state index is -0.838. The first-order chi connectivity index (χ1) is 8.82. The number of carbonyl (C=O) groups excluding carboxylic acids is 1. The molecular formula is C14H26N2O3. The fourth-order valence-electron chi connectivity index (χ4n) is 2.09. The van der Waals surface area contributed by atoms with E-state index in [2.05, 4.69) is 17.6 Å². The van der Waals surface area contributed by atoms with Gasteiger partial charge in [0.25, 0.3) is 0 Å². The molecule has 0 aliphatic heterocycles. The number of carbonyl (C=O) groups is 2. The van der Waals surface area contributed by atoms with E-state index >= 15 is 0 Å². The molecule has 1 saturated carbocycles. The number of rotatable bonds is 8. The van der Waals surface area contributed by atoms with E-state index in [4.69, 9.17) is 5.11 Å². The van der Waals surface area contributed by atoms with E-state index in [1.54, 1.807) is 0 Å². The molecule has 1 fully saturated rings. The van der Waals surface area contributed by atoms with Crippen LogP contribution in [0.2, 0.25) is 0 Å². The molecule has 0 bridgehead atoms. The maximum absolute atomic E-state index is 11.9. The van der Waals surface area contributed by atoms with Crippen LogP contribution >= 0.6 is 0 Å². The lowest BCUT2D eigenvalue weighted by molar-refractivity contribution is -0.137. The van der Waals surface area contributed by atoms with Crippen LogP contribution in [0.5, 0.6) is 0 Å². The van der Waals surface area contributed by atoms with Gasteiger partial charge in [-0.25, -0.2) is 4.79 Å². The van der Waals surface area contributed by atoms with Crippen molar-refractivity contribution in [3.8, 4) is 0 Å². The zero-order chi connectivity index (χ0) is 14.5. The number of carboxylic acid groups (broad SMARTS) is 1. The van der Waals surface area contributed by atoms with E-state index in [0.29, 0.717) is 6.42 Å². The summed E-state index contributed by atoms with van der Waals surface area (Å²) in [5, 5.41) is 14.5. The molecule has 5 heteroatoms. The minimum absolute atomic E-state index is 0.0621. The van der Waals surface area contributed by atoms with Crippen molar-refractivity contribution >= 4 is 12.0 Å². The molecule has 5 nitrogen and oxygen atoms in total. The predicted octanol–water partition coefficient (Wildman–Crippen LogP) is 2.51. The molecule has 0 heterocycles. The summed E-state index contributed by atoms with van der Waals surface area (Å²) in [7, 11) is 0. The lowest BCUT2D eigenvalue weighted by atomic mass is 9.98. The highest BCUT2D eigenvalue weighted by Crippen LogP contribution is 2.34. The Balaban J connectivity index is 2.32. The fourth-order valence-corrected chi connectivity index (χ4v) is 2.09. The van der Waals surface area contributed by atoms with Crippen molar-refractivity contribution in [1.82, 2.24) is 10.6 Å². The Bertz CT molecular complexity index is 325. The lowest BCUT2D eigenvalue weighted by Gasteiger charge is -2.27. The van der Waals surface area contributed by atoms with Gasteiger partial charge in [0, 0.05) is 18.0 Å². The van der Waals surface area contributed by atoms with Crippen molar-refractivity contribution in [2.45, 2.75) is 70.9 Å². The van der Waals surface area contributed by atoms with Crippen molar-refractivity contribution in [3.05, 3.63) is 0 Å². The van der Waals surface area contributed by atoms with Gasteiger partial charge in [-0.3, -0.25) is 4.79 Å². The number of amides is 2. The molecule has 0 spiro atoms. The quantitative estimate of drug-likeness (QED) is 0.634. The van der Waals surface area contributed by atoms with Crippen LogP contribution in [0, 0.1) is 5.92 Å². The number of hydrogen-bond acceptors (Lipinski definition) is 2. The molecular weight excluding hydrogens is 244 g/mol. The van der Waals surface area contributed by atoms with Crippen LogP contribution in [0.1, 0.15) is 59.3 Å². The first-order valence-electron chi connectivity index (χ1n) is 7.13. The van der Waals surface area contributed by atoms with Gasteiger partial charge in [-0.2, -0.15) is 0 Å². The number of nitrogens with one attached hydrogen (secondary N) is 2. The second kappa shape index (κ2) is 6.78. The number of urea groups is 1. The van der Waals surface area contributed by atoms with Gasteiger partial charge in [-0.1, -0.05) is 19.8 Å². The van der Waals surface area contributed by atoms with Gasteiger partial charge < -0.3 is 15.7 Å². The molecule has 19 heavy (non-hydrogen) atoms. The van der Waals surface area contributed by atoms with Crippen molar-refractivity contribution < 1.29 is 14.7 Å². The van der Waals surface area contributed by atoms with Crippen LogP contribution in [0.4, 0.5) is 4.79 Å². The summed E-state index contributed by atoms with van der Waals surface area (Å²) in [6, 6.07) is 0.0330. The Labute approximate surface area is 115 Å². The van der Waals surface area contributed by atoms with Gasteiger partial charge in [0.2, 0.25) is 0 Å². The van der Waals surface area contributed by atoms with Gasteiger partial charge in [-0.15, -0.1) is 0 Å². The van der Waals surface area contributed by atoms with Crippen LogP contribution in [0.15, 0.2) is 0 Å². The Morgan fingerprint density at radius 3 is 2.47 bits per heavy atom. The summed E-state index contributed by atoms with van der Waals surface area (Å²) in [5.41, 5.74) is -0.500. The van der Waals surface area contributed by atoms with Crippen LogP contribution in [-0.2, 0) is 4.79 Å². The molecule has 1 aliphatic carbocycles. The van der Waals surface area contributed by atoms with Gasteiger partial charge in [0.15, 0.2) is 0 Å². The Morgan fingerprint density at radius 1 is 1.37 bits per heavy atom. The van der Waals surface area contributed by atoms with Crippen LogP contribution in [0.25, 0.3) is 0 Å². The van der Waals surface area contributed by atoms with Crippen molar-refractivity contribution in [1.29, 1.82) is 0 Å². The largest absolute Gasteiger partial charge is 0.481 e. The smallest absolute Gasteiger partial charge is 0.315 e. The highest BCUT2D eigenvalue weighted by atomic mass is 16.4. The monoisotopic (exact) mass is 270 g/mol. The van der Waals surface area contributed by atoms with Crippen LogP contribution < -0.4 is 10.6 Å². The van der Waals surface area contributed by atoms with Crippen molar-refractivity contribution in [2.24, 2.45) is 5.92 Å². The van der Waals surface area contributed by atoms with Gasteiger partial charge in [0.05, 0.1) is 0 Å². The van der Waals surface area contributed by atoms with E-state index in [1.165, 1.54) is 12.8 Å². The highest BCUT2D eigenvalue weighted by molar-refractivity contribution is 5.75. The van der Waals surface area contributed by atoms with Gasteiger partial charge in [0.1, 0.15) is 0 Å². The molecule has 1 unspecified atom stereocenters. The third-order valence-corrected chi connectivity index (χ3v) is 3.56. The Hall–Kier alpha value is -1.26. The highest BCUT2D eigenvalue weighted by Gasteiger charge is 2.27. The van der Waals surface area contributed by atoms with Crippen LogP contribution in [-0.4, -0.2) is 28.7 Å². The minimum Gasteiger partial charge on any atom is -0.481 e. The first-order valence-corrected chi connectivity index (χ1v) is 7.13. The third-order valence-electron chi connectivity index (χ3n) is 3.56. The summed E-state index contributed by atoms with van der Waals surface area (Å²) in [4.78, 5) is 22.5. The number of carboxylic acids is 1. The SMILES string of the molecule is CCC(CC1CC1)NC(=O)NC(C)(C)CCC(=O)O. The molecule has 3 N–H and O–H groups in total. The average molecular weight is 270 g/mol. The Morgan fingerprint density at radius 2 is 2.00 bits per heavy atom. The molecule has 0 radical (unpaired) electrons. The molecule has 0 saturated heterocycles. The molecule has 2 amide bonds. The standard InChI is InChI=1S/C14H26N2O3/c1-4-11(9-10-5-6-10)15-13(19)16-14(2,3)8-7-12(17)18/h10-11H,4-9H2,1-3H3,(H,17,18)(H2,15,16,19). The average Bonchev–Trinajstić information content (AvgIpc) is 3.08. The van der Waals surface area contributed by atoms with Crippen molar-refractivity contribution in [2.75, 3.05) is 0 Å². The fraction of sp³-hybridized carbons (Fsp3) is 0.857. The third kappa shape index (κ3) is 7.03. The van der Waals surface area contributed by atoms with E-state index < -0.39 is 11.5 Å². The van der Waals surface area contributed by atoms with Gasteiger partial charge in [-0.05, 0) is 39.0 Å². The maximum Gasteiger partial charge on any atom is 0.315 e. The van der Waals surface area contributed by atoms with Crippen LogP contribution in [0.3, 0.4) is 0 Å². The molecule has 0 aromatic carbocycles. The maximum atomic E-state index is 11.9. The van der Waals surface area contributed by atoms with E-state index in [-0.39, 0.29) is 18.5 Å². The predicted molar refractivity (Wildman–Crippen MR) is 74.0 cm³/mol. The molecule has 1 rings (SSSR count). The lowest BCUT2D eigenvalue weighted by Crippen LogP contribution is -2.51. The molecule has 1 atom stereocenters.